The summed E-state index contributed by atoms with van der Waals surface area (Å²) in [5.74, 6) is -0.519. The van der Waals surface area contributed by atoms with Gasteiger partial charge in [-0.05, 0) is 67.6 Å². The number of nitrogens with two attached hydrogens (primary N) is 1. The van der Waals surface area contributed by atoms with Crippen molar-refractivity contribution in [2.75, 3.05) is 0 Å². The molecule has 0 aliphatic carbocycles. The molecule has 1 nitrogen and oxygen atoms in total. The summed E-state index contributed by atoms with van der Waals surface area (Å²) in [6.45, 7) is 7.90. The Bertz CT molecular complexity index is 649. The number of benzene rings is 2. The topological polar surface area (TPSA) is 26.0 Å². The van der Waals surface area contributed by atoms with Gasteiger partial charge in [0.25, 0.3) is 0 Å². The average molecular weight is 326 g/mol. The average Bonchev–Trinajstić information content (AvgIpc) is 2.37. The summed E-state index contributed by atoms with van der Waals surface area (Å²) >= 11 is 12.0. The third-order valence-electron chi connectivity index (χ3n) is 3.97. The van der Waals surface area contributed by atoms with E-state index in [-0.39, 0.29) is 5.02 Å². The maximum Gasteiger partial charge on any atom is 0.142 e. The molecule has 0 aliphatic rings. The predicted molar refractivity (Wildman–Crippen MR) is 87.7 cm³/mol. The van der Waals surface area contributed by atoms with Gasteiger partial charge in [0, 0.05) is 5.02 Å². The molecule has 112 valence electrons. The Balaban J connectivity index is 2.67. The molecule has 1 atom stereocenters. The van der Waals surface area contributed by atoms with E-state index in [9.17, 15) is 4.39 Å². The minimum Gasteiger partial charge on any atom is -0.318 e. The first-order valence-corrected chi connectivity index (χ1v) is 7.42. The van der Waals surface area contributed by atoms with Crippen molar-refractivity contribution in [1.82, 2.24) is 0 Å². The molecule has 21 heavy (non-hydrogen) atoms. The summed E-state index contributed by atoms with van der Waals surface area (Å²) in [5.41, 5.74) is 10.4. The maximum atomic E-state index is 13.8. The van der Waals surface area contributed by atoms with Crippen LogP contribution in [0.3, 0.4) is 0 Å². The second-order valence-electron chi connectivity index (χ2n) is 5.70. The Morgan fingerprint density at radius 3 is 2.05 bits per heavy atom. The molecule has 0 saturated heterocycles. The van der Waals surface area contributed by atoms with Gasteiger partial charge in [-0.1, -0.05) is 35.3 Å². The van der Waals surface area contributed by atoms with Crippen LogP contribution >= 0.6 is 23.2 Å². The van der Waals surface area contributed by atoms with Crippen molar-refractivity contribution in [2.45, 2.75) is 33.2 Å². The van der Waals surface area contributed by atoms with E-state index in [1.807, 2.05) is 26.8 Å². The van der Waals surface area contributed by atoms with Gasteiger partial charge < -0.3 is 5.73 Å². The van der Waals surface area contributed by atoms with Crippen molar-refractivity contribution in [3.8, 4) is 0 Å². The molecule has 0 aromatic heterocycles. The summed E-state index contributed by atoms with van der Waals surface area (Å²) in [4.78, 5) is 0. The number of rotatable bonds is 2. The number of aryl methyl sites for hydroxylation is 3. The Morgan fingerprint density at radius 2 is 1.43 bits per heavy atom. The first-order valence-electron chi connectivity index (χ1n) is 6.67. The van der Waals surface area contributed by atoms with Crippen LogP contribution in [0.4, 0.5) is 4.39 Å². The van der Waals surface area contributed by atoms with Crippen LogP contribution in [-0.4, -0.2) is 0 Å². The van der Waals surface area contributed by atoms with Gasteiger partial charge in [0.05, 0.1) is 10.6 Å². The molecule has 0 amide bonds. The summed E-state index contributed by atoms with van der Waals surface area (Å²) in [7, 11) is 0. The van der Waals surface area contributed by atoms with Crippen LogP contribution in [0.2, 0.25) is 10.0 Å². The molecular weight excluding hydrogens is 308 g/mol. The molecule has 2 aromatic carbocycles. The minimum absolute atomic E-state index is 0.00337. The van der Waals surface area contributed by atoms with E-state index in [4.69, 9.17) is 28.9 Å². The van der Waals surface area contributed by atoms with Gasteiger partial charge in [0.1, 0.15) is 5.82 Å². The minimum atomic E-state index is -0.898. The zero-order valence-corrected chi connectivity index (χ0v) is 14.0. The highest BCUT2D eigenvalue weighted by Gasteiger charge is 2.29. The van der Waals surface area contributed by atoms with E-state index in [1.54, 1.807) is 0 Å². The molecule has 0 saturated carbocycles. The highest BCUT2D eigenvalue weighted by Crippen LogP contribution is 2.36. The highest BCUT2D eigenvalue weighted by atomic mass is 35.5. The fraction of sp³-hybridized carbons (Fsp3) is 0.294. The second kappa shape index (κ2) is 5.60. The summed E-state index contributed by atoms with van der Waals surface area (Å²) in [6, 6.07) is 6.83. The number of halogens is 3. The fourth-order valence-corrected chi connectivity index (χ4v) is 3.17. The summed E-state index contributed by atoms with van der Waals surface area (Å²) < 4.78 is 13.8. The van der Waals surface area contributed by atoms with E-state index in [0.717, 1.165) is 16.7 Å². The Morgan fingerprint density at radius 1 is 0.857 bits per heavy atom. The SMILES string of the molecule is Cc1cc(C)c(C(C)(N)c2cc(F)c(Cl)cc2Cl)cc1C. The molecule has 0 spiro atoms. The van der Waals surface area contributed by atoms with Crippen molar-refractivity contribution >= 4 is 23.2 Å². The molecule has 1 unspecified atom stereocenters. The van der Waals surface area contributed by atoms with Crippen LogP contribution in [0.25, 0.3) is 0 Å². The smallest absolute Gasteiger partial charge is 0.142 e. The van der Waals surface area contributed by atoms with Gasteiger partial charge in [0.15, 0.2) is 0 Å². The van der Waals surface area contributed by atoms with Crippen molar-refractivity contribution in [1.29, 1.82) is 0 Å². The highest BCUT2D eigenvalue weighted by molar-refractivity contribution is 6.35. The number of hydrogen-bond acceptors (Lipinski definition) is 1. The van der Waals surface area contributed by atoms with Crippen molar-refractivity contribution in [3.63, 3.8) is 0 Å². The Labute approximate surface area is 134 Å². The molecule has 2 aromatic rings. The third kappa shape index (κ3) is 2.94. The second-order valence-corrected chi connectivity index (χ2v) is 6.51. The first kappa shape index (κ1) is 16.3. The monoisotopic (exact) mass is 325 g/mol. The fourth-order valence-electron chi connectivity index (χ4n) is 2.59. The van der Waals surface area contributed by atoms with E-state index in [1.165, 1.54) is 17.7 Å². The van der Waals surface area contributed by atoms with E-state index in [0.29, 0.717) is 10.6 Å². The zero-order valence-electron chi connectivity index (χ0n) is 12.5. The molecule has 0 bridgehead atoms. The van der Waals surface area contributed by atoms with Gasteiger partial charge in [-0.25, -0.2) is 4.39 Å². The molecule has 0 radical (unpaired) electrons. The molecule has 4 heteroatoms. The van der Waals surface area contributed by atoms with E-state index in [2.05, 4.69) is 13.0 Å². The summed E-state index contributed by atoms with van der Waals surface area (Å²) in [5, 5.41) is 0.361. The van der Waals surface area contributed by atoms with Crippen LogP contribution in [0, 0.1) is 26.6 Å². The molecule has 0 aliphatic heterocycles. The van der Waals surface area contributed by atoms with Gasteiger partial charge >= 0.3 is 0 Å². The van der Waals surface area contributed by atoms with Crippen LogP contribution in [0.5, 0.6) is 0 Å². The lowest BCUT2D eigenvalue weighted by atomic mass is 9.81. The van der Waals surface area contributed by atoms with E-state index >= 15 is 0 Å². The van der Waals surface area contributed by atoms with Gasteiger partial charge in [-0.15, -0.1) is 0 Å². The maximum absolute atomic E-state index is 13.8. The van der Waals surface area contributed by atoms with E-state index < -0.39 is 11.4 Å². The lowest BCUT2D eigenvalue weighted by Gasteiger charge is -2.29. The van der Waals surface area contributed by atoms with Crippen LogP contribution in [0.1, 0.15) is 34.7 Å². The van der Waals surface area contributed by atoms with Crippen LogP contribution in [-0.2, 0) is 5.54 Å². The lowest BCUT2D eigenvalue weighted by molar-refractivity contribution is 0.579. The summed E-state index contributed by atoms with van der Waals surface area (Å²) in [6.07, 6.45) is 0. The third-order valence-corrected chi connectivity index (χ3v) is 4.57. The quantitative estimate of drug-likeness (QED) is 0.747. The molecule has 0 heterocycles. The largest absolute Gasteiger partial charge is 0.318 e. The standard InChI is InChI=1S/C17H18Cl2FN/c1-9-5-11(3)12(6-10(9)2)17(4,21)13-7-16(20)15(19)8-14(13)18/h5-8H,21H2,1-4H3. The number of hydrogen-bond donors (Lipinski definition) is 1. The van der Waals surface area contributed by atoms with Crippen LogP contribution < -0.4 is 5.73 Å². The van der Waals surface area contributed by atoms with Gasteiger partial charge in [-0.3, -0.25) is 0 Å². The Hall–Kier alpha value is -1.09. The zero-order chi connectivity index (χ0) is 15.9. The normalized spacial score (nSPS) is 14.1. The lowest BCUT2D eigenvalue weighted by Crippen LogP contribution is -2.35. The van der Waals surface area contributed by atoms with Gasteiger partial charge in [-0.2, -0.15) is 0 Å². The molecule has 0 fully saturated rings. The predicted octanol–water partition coefficient (Wildman–Crippen LogP) is 5.28. The van der Waals surface area contributed by atoms with Crippen LogP contribution in [0.15, 0.2) is 24.3 Å². The molecule has 2 rings (SSSR count). The molecule has 2 N–H and O–H groups in total. The van der Waals surface area contributed by atoms with Crippen molar-refractivity contribution < 1.29 is 4.39 Å². The van der Waals surface area contributed by atoms with Crippen molar-refractivity contribution in [2.24, 2.45) is 5.73 Å². The Kier molecular flexibility index (Phi) is 4.34. The molecular formula is C17H18Cl2FN. The van der Waals surface area contributed by atoms with Crippen molar-refractivity contribution in [3.05, 3.63) is 67.9 Å². The first-order chi connectivity index (χ1) is 9.64. The van der Waals surface area contributed by atoms with Gasteiger partial charge in [0.2, 0.25) is 0 Å².